The fourth-order valence-corrected chi connectivity index (χ4v) is 3.72. The summed E-state index contributed by atoms with van der Waals surface area (Å²) in [5.41, 5.74) is 3.34. The van der Waals surface area contributed by atoms with E-state index < -0.39 is 0 Å². The minimum absolute atomic E-state index is 0.273. The van der Waals surface area contributed by atoms with Crippen molar-refractivity contribution >= 4 is 16.7 Å². The monoisotopic (exact) mass is 225 g/mol. The number of rotatable bonds is 0. The summed E-state index contributed by atoms with van der Waals surface area (Å²) in [5, 5.41) is 1.27. The van der Waals surface area contributed by atoms with Crippen molar-refractivity contribution in [3.05, 3.63) is 35.5 Å². The van der Waals surface area contributed by atoms with E-state index in [1.54, 1.807) is 0 Å². The van der Waals surface area contributed by atoms with Gasteiger partial charge < -0.3 is 4.98 Å². The zero-order valence-corrected chi connectivity index (χ0v) is 9.70. The number of fused-ring (bicyclic) bond motifs is 5. The highest BCUT2D eigenvalue weighted by Crippen LogP contribution is 2.48. The first-order valence-electron chi connectivity index (χ1n) is 6.51. The minimum Gasteiger partial charge on any atom is -0.352 e. The molecule has 2 atom stereocenters. The van der Waals surface area contributed by atoms with Crippen LogP contribution in [-0.4, -0.2) is 10.8 Å². The molecule has 1 saturated carbocycles. The topological polar surface area (TPSA) is 32.9 Å². The third-order valence-corrected chi connectivity index (χ3v) is 4.47. The predicted octanol–water partition coefficient (Wildman–Crippen LogP) is 3.64. The maximum Gasteiger partial charge on any atom is 0.183 e. The molecule has 0 saturated heterocycles. The Bertz CT molecular complexity index is 610. The van der Waals surface area contributed by atoms with Crippen LogP contribution in [0, 0.1) is 5.92 Å². The van der Waals surface area contributed by atoms with E-state index in [1.807, 2.05) is 6.07 Å². The molecule has 4 rings (SSSR count). The highest BCUT2D eigenvalue weighted by atomic mass is 16.1. The molecule has 1 aromatic heterocycles. The Morgan fingerprint density at radius 3 is 2.71 bits per heavy atom. The second-order valence-corrected chi connectivity index (χ2v) is 5.32. The van der Waals surface area contributed by atoms with Crippen molar-refractivity contribution in [3.63, 3.8) is 0 Å². The lowest BCUT2D eigenvalue weighted by molar-refractivity contribution is 0.0894. The summed E-state index contributed by atoms with van der Waals surface area (Å²) < 4.78 is 0. The fourth-order valence-electron chi connectivity index (χ4n) is 3.72. The SMILES string of the molecule is O=C1c2[nH]c3ccccc3c2[C@@H]2CCCC[C@H]12. The lowest BCUT2D eigenvalue weighted by Gasteiger charge is -2.24. The van der Waals surface area contributed by atoms with Gasteiger partial charge in [0.1, 0.15) is 0 Å². The number of aromatic amines is 1. The van der Waals surface area contributed by atoms with Crippen LogP contribution in [-0.2, 0) is 0 Å². The molecule has 2 aromatic rings. The first kappa shape index (κ1) is 9.46. The summed E-state index contributed by atoms with van der Waals surface area (Å²) in [5.74, 6) is 1.12. The van der Waals surface area contributed by atoms with Crippen LogP contribution < -0.4 is 0 Å². The molecule has 86 valence electrons. The van der Waals surface area contributed by atoms with Gasteiger partial charge in [0.05, 0.1) is 5.69 Å². The molecule has 17 heavy (non-hydrogen) atoms. The van der Waals surface area contributed by atoms with Crippen LogP contribution in [0.4, 0.5) is 0 Å². The lowest BCUT2D eigenvalue weighted by atomic mass is 9.79. The molecule has 0 amide bonds. The highest BCUT2D eigenvalue weighted by molar-refractivity contribution is 6.07. The highest BCUT2D eigenvalue weighted by Gasteiger charge is 2.42. The average molecular weight is 225 g/mol. The number of Topliss-reactive ketones (excluding diaryl/α,β-unsaturated/α-hetero) is 1. The standard InChI is InChI=1S/C15H15NO/c17-15-10-6-2-1-5-9(10)13-11-7-3-4-8-12(11)16-14(13)15/h3-4,7-10,16H,1-2,5-6H2/t9-,10+/m1/s1. The van der Waals surface area contributed by atoms with Crippen LogP contribution in [0.2, 0.25) is 0 Å². The van der Waals surface area contributed by atoms with E-state index in [0.29, 0.717) is 11.7 Å². The van der Waals surface area contributed by atoms with E-state index in [9.17, 15) is 4.79 Å². The molecule has 0 radical (unpaired) electrons. The first-order valence-corrected chi connectivity index (χ1v) is 6.51. The number of aromatic nitrogens is 1. The summed E-state index contributed by atoms with van der Waals surface area (Å²) in [6, 6.07) is 8.31. The Morgan fingerprint density at radius 2 is 1.82 bits per heavy atom. The van der Waals surface area contributed by atoms with E-state index in [4.69, 9.17) is 0 Å². The van der Waals surface area contributed by atoms with Crippen LogP contribution in [0.25, 0.3) is 10.9 Å². The minimum atomic E-state index is 0.273. The average Bonchev–Trinajstić information content (AvgIpc) is 2.88. The van der Waals surface area contributed by atoms with Gasteiger partial charge in [0.2, 0.25) is 0 Å². The van der Waals surface area contributed by atoms with Crippen molar-refractivity contribution in [1.82, 2.24) is 4.98 Å². The van der Waals surface area contributed by atoms with Gasteiger partial charge in [-0.15, -0.1) is 0 Å². The fraction of sp³-hybridized carbons (Fsp3) is 0.400. The molecule has 0 spiro atoms. The molecule has 1 heterocycles. The summed E-state index contributed by atoms with van der Waals surface area (Å²) in [7, 11) is 0. The summed E-state index contributed by atoms with van der Waals surface area (Å²) >= 11 is 0. The van der Waals surface area contributed by atoms with Crippen molar-refractivity contribution in [1.29, 1.82) is 0 Å². The Kier molecular flexibility index (Phi) is 1.79. The molecule has 0 aliphatic heterocycles. The zero-order chi connectivity index (χ0) is 11.4. The third kappa shape index (κ3) is 1.13. The number of para-hydroxylation sites is 1. The van der Waals surface area contributed by atoms with Crippen LogP contribution >= 0.6 is 0 Å². The summed E-state index contributed by atoms with van der Waals surface area (Å²) in [4.78, 5) is 15.7. The first-order chi connectivity index (χ1) is 8.36. The number of carbonyl (C=O) groups excluding carboxylic acids is 1. The van der Waals surface area contributed by atoms with Gasteiger partial charge in [-0.3, -0.25) is 4.79 Å². The molecule has 0 unspecified atom stereocenters. The van der Waals surface area contributed by atoms with E-state index >= 15 is 0 Å². The molecular formula is C15H15NO. The molecule has 2 nitrogen and oxygen atoms in total. The normalized spacial score (nSPS) is 27.2. The number of ketones is 1. The van der Waals surface area contributed by atoms with E-state index in [0.717, 1.165) is 17.6 Å². The summed E-state index contributed by atoms with van der Waals surface area (Å²) in [6.45, 7) is 0. The van der Waals surface area contributed by atoms with E-state index in [1.165, 1.54) is 30.2 Å². The Morgan fingerprint density at radius 1 is 1.06 bits per heavy atom. The molecule has 1 aromatic carbocycles. The quantitative estimate of drug-likeness (QED) is 0.729. The molecule has 0 bridgehead atoms. The summed E-state index contributed by atoms with van der Waals surface area (Å²) in [6.07, 6.45) is 4.76. The number of benzene rings is 1. The van der Waals surface area contributed by atoms with Gasteiger partial charge in [-0.1, -0.05) is 31.0 Å². The predicted molar refractivity (Wildman–Crippen MR) is 67.3 cm³/mol. The molecule has 1 N–H and O–H groups in total. The van der Waals surface area contributed by atoms with E-state index in [2.05, 4.69) is 23.2 Å². The molecule has 2 aliphatic carbocycles. The van der Waals surface area contributed by atoms with Crippen molar-refractivity contribution in [3.8, 4) is 0 Å². The largest absolute Gasteiger partial charge is 0.352 e. The second kappa shape index (κ2) is 3.22. The van der Waals surface area contributed by atoms with Crippen molar-refractivity contribution in [2.75, 3.05) is 0 Å². The van der Waals surface area contributed by atoms with Gasteiger partial charge in [0.15, 0.2) is 5.78 Å². The van der Waals surface area contributed by atoms with Gasteiger partial charge in [0.25, 0.3) is 0 Å². The van der Waals surface area contributed by atoms with Crippen molar-refractivity contribution < 1.29 is 4.79 Å². The smallest absolute Gasteiger partial charge is 0.183 e. The second-order valence-electron chi connectivity index (χ2n) is 5.32. The Balaban J connectivity index is 1.99. The lowest BCUT2D eigenvalue weighted by Crippen LogP contribution is -2.18. The van der Waals surface area contributed by atoms with Gasteiger partial charge in [-0.05, 0) is 30.4 Å². The van der Waals surface area contributed by atoms with Crippen LogP contribution in [0.1, 0.15) is 47.7 Å². The number of carbonyl (C=O) groups is 1. The number of hydrogen-bond donors (Lipinski definition) is 1. The maximum atomic E-state index is 12.4. The number of hydrogen-bond acceptors (Lipinski definition) is 1. The number of H-pyrrole nitrogens is 1. The van der Waals surface area contributed by atoms with Crippen LogP contribution in [0.3, 0.4) is 0 Å². The van der Waals surface area contributed by atoms with Crippen LogP contribution in [0.15, 0.2) is 24.3 Å². The molecule has 2 heteroatoms. The Labute approximate surface area is 100 Å². The third-order valence-electron chi connectivity index (χ3n) is 4.47. The molecule has 1 fully saturated rings. The van der Waals surface area contributed by atoms with Gasteiger partial charge in [-0.2, -0.15) is 0 Å². The van der Waals surface area contributed by atoms with E-state index in [-0.39, 0.29) is 5.92 Å². The van der Waals surface area contributed by atoms with Gasteiger partial charge >= 0.3 is 0 Å². The van der Waals surface area contributed by atoms with Gasteiger partial charge in [-0.25, -0.2) is 0 Å². The molecular weight excluding hydrogens is 210 g/mol. The number of nitrogens with one attached hydrogen (secondary N) is 1. The van der Waals surface area contributed by atoms with Crippen molar-refractivity contribution in [2.45, 2.75) is 31.6 Å². The Hall–Kier alpha value is -1.57. The maximum absolute atomic E-state index is 12.4. The van der Waals surface area contributed by atoms with Crippen LogP contribution in [0.5, 0.6) is 0 Å². The molecule has 2 aliphatic rings. The van der Waals surface area contributed by atoms with Crippen molar-refractivity contribution in [2.24, 2.45) is 5.92 Å². The van der Waals surface area contributed by atoms with Gasteiger partial charge in [0, 0.05) is 16.8 Å². The zero-order valence-electron chi connectivity index (χ0n) is 9.70.